The van der Waals surface area contributed by atoms with Crippen molar-refractivity contribution < 1.29 is 28.7 Å². The molecule has 1 saturated heterocycles. The molecule has 0 unspecified atom stereocenters. The summed E-state index contributed by atoms with van der Waals surface area (Å²) in [6.45, 7) is 5.12. The van der Waals surface area contributed by atoms with Crippen LogP contribution in [0.2, 0.25) is 0 Å². The molecule has 0 aliphatic carbocycles. The minimum Gasteiger partial charge on any atom is -0.443 e. The summed E-state index contributed by atoms with van der Waals surface area (Å²) < 4.78 is 9.99. The monoisotopic (exact) mass is 393 g/mol. The number of nitrogens with zero attached hydrogens (tertiary/aromatic N) is 2. The van der Waals surface area contributed by atoms with E-state index in [1.54, 1.807) is 32.9 Å². The lowest BCUT2D eigenvalue weighted by atomic mass is 10.2. The molecule has 0 bridgehead atoms. The number of benzene rings is 1. The van der Waals surface area contributed by atoms with Crippen molar-refractivity contribution in [2.45, 2.75) is 33.0 Å². The van der Waals surface area contributed by atoms with Gasteiger partial charge in [0.1, 0.15) is 12.2 Å². The first-order valence-electron chi connectivity index (χ1n) is 8.51. The van der Waals surface area contributed by atoms with Gasteiger partial charge in [-0.25, -0.2) is 45.4 Å². The zero-order chi connectivity index (χ0) is 20.7. The molecular weight excluding hydrogens is 370 g/mol. The van der Waals surface area contributed by atoms with E-state index in [4.69, 9.17) is 9.47 Å². The summed E-state index contributed by atoms with van der Waals surface area (Å²) in [5.74, 6) is 0. The molecule has 1 fully saturated rings. The number of hydrogen-bond acceptors (Lipinski definition) is 6. The van der Waals surface area contributed by atoms with Gasteiger partial charge in [0, 0.05) is 0 Å². The second-order valence-corrected chi connectivity index (χ2v) is 6.82. The van der Waals surface area contributed by atoms with Crippen LogP contribution in [-0.4, -0.2) is 52.8 Å². The van der Waals surface area contributed by atoms with Crippen LogP contribution < -0.4 is 16.3 Å². The molecule has 0 radical (unpaired) electrons. The maximum absolute atomic E-state index is 12.2. The van der Waals surface area contributed by atoms with Crippen molar-refractivity contribution in [2.75, 3.05) is 13.1 Å². The van der Waals surface area contributed by atoms with Crippen LogP contribution in [0.1, 0.15) is 26.3 Å². The summed E-state index contributed by atoms with van der Waals surface area (Å²) in [5, 5.41) is 0.945. The minimum absolute atomic E-state index is 0.0135. The highest BCUT2D eigenvalue weighted by Crippen LogP contribution is 2.08. The number of ether oxygens (including phenoxy) is 2. The van der Waals surface area contributed by atoms with Crippen LogP contribution in [0.3, 0.4) is 0 Å². The van der Waals surface area contributed by atoms with Gasteiger partial charge in [0.2, 0.25) is 0 Å². The fraction of sp³-hybridized carbons (Fsp3) is 0.412. The quantitative estimate of drug-likeness (QED) is 0.671. The largest absolute Gasteiger partial charge is 0.443 e. The van der Waals surface area contributed by atoms with Crippen LogP contribution >= 0.6 is 0 Å². The van der Waals surface area contributed by atoms with Gasteiger partial charge in [-0.1, -0.05) is 30.3 Å². The number of carbonyl (C=O) groups excluding carboxylic acids is 4. The highest BCUT2D eigenvalue weighted by molar-refractivity contribution is 5.95. The van der Waals surface area contributed by atoms with Crippen LogP contribution in [0.25, 0.3) is 0 Å². The molecule has 1 heterocycles. The molecule has 3 N–H and O–H groups in total. The van der Waals surface area contributed by atoms with E-state index in [1.807, 2.05) is 23.6 Å². The number of imide groups is 1. The number of hydrogen-bond donors (Lipinski definition) is 3. The van der Waals surface area contributed by atoms with Gasteiger partial charge >= 0.3 is 24.2 Å². The van der Waals surface area contributed by atoms with E-state index in [0.717, 1.165) is 15.5 Å². The third-order valence-corrected chi connectivity index (χ3v) is 3.36. The molecule has 1 aliphatic heterocycles. The molecule has 1 aliphatic rings. The Hall–Kier alpha value is -3.50. The SMILES string of the molecule is CC(C)(C)OC(=O)NNC(=O)N1CCN(NC(=O)OCc2ccccc2)C1=O. The third-order valence-electron chi connectivity index (χ3n) is 3.36. The van der Waals surface area contributed by atoms with E-state index in [9.17, 15) is 19.2 Å². The van der Waals surface area contributed by atoms with Gasteiger partial charge in [0.05, 0.1) is 13.1 Å². The molecule has 0 atom stereocenters. The van der Waals surface area contributed by atoms with E-state index >= 15 is 0 Å². The third kappa shape index (κ3) is 6.34. The first-order valence-corrected chi connectivity index (χ1v) is 8.51. The average molecular weight is 393 g/mol. The molecule has 1 aromatic rings. The first kappa shape index (κ1) is 20.8. The number of nitrogens with one attached hydrogen (secondary N) is 3. The molecule has 28 heavy (non-hydrogen) atoms. The summed E-state index contributed by atoms with van der Waals surface area (Å²) in [7, 11) is 0. The Kier molecular flexibility index (Phi) is 6.64. The van der Waals surface area contributed by atoms with Gasteiger partial charge in [-0.15, -0.1) is 0 Å². The maximum atomic E-state index is 12.2. The number of rotatable bonds is 3. The average Bonchev–Trinajstić information content (AvgIpc) is 2.98. The topological polar surface area (TPSA) is 129 Å². The molecule has 0 saturated carbocycles. The molecule has 152 valence electrons. The smallest absolute Gasteiger partial charge is 0.426 e. The van der Waals surface area contributed by atoms with Crippen LogP contribution in [0.5, 0.6) is 0 Å². The molecule has 11 heteroatoms. The fourth-order valence-corrected chi connectivity index (χ4v) is 2.17. The number of carbonyl (C=O) groups is 4. The van der Waals surface area contributed by atoms with Gasteiger partial charge in [-0.2, -0.15) is 0 Å². The predicted molar refractivity (Wildman–Crippen MR) is 96.5 cm³/mol. The van der Waals surface area contributed by atoms with Crippen molar-refractivity contribution in [3.63, 3.8) is 0 Å². The minimum atomic E-state index is -0.869. The van der Waals surface area contributed by atoms with E-state index in [2.05, 4.69) is 10.9 Å². The van der Waals surface area contributed by atoms with Crippen molar-refractivity contribution in [1.82, 2.24) is 26.2 Å². The van der Waals surface area contributed by atoms with E-state index in [-0.39, 0.29) is 19.7 Å². The number of hydrazine groups is 2. The van der Waals surface area contributed by atoms with Crippen molar-refractivity contribution in [2.24, 2.45) is 0 Å². The van der Waals surface area contributed by atoms with Crippen molar-refractivity contribution >= 4 is 24.2 Å². The maximum Gasteiger partial charge on any atom is 0.426 e. The number of urea groups is 2. The van der Waals surface area contributed by atoms with Crippen LogP contribution in [0.15, 0.2) is 30.3 Å². The Morgan fingerprint density at radius 2 is 1.71 bits per heavy atom. The van der Waals surface area contributed by atoms with Gasteiger partial charge in [0.25, 0.3) is 0 Å². The molecule has 1 aromatic carbocycles. The van der Waals surface area contributed by atoms with Crippen LogP contribution in [-0.2, 0) is 16.1 Å². The van der Waals surface area contributed by atoms with Gasteiger partial charge in [0.15, 0.2) is 0 Å². The van der Waals surface area contributed by atoms with E-state index in [0.29, 0.717) is 0 Å². The Bertz CT molecular complexity index is 733. The van der Waals surface area contributed by atoms with Crippen molar-refractivity contribution in [3.8, 4) is 0 Å². The van der Waals surface area contributed by atoms with Gasteiger partial charge < -0.3 is 9.47 Å². The Labute approximate surface area is 161 Å². The van der Waals surface area contributed by atoms with Gasteiger partial charge in [-0.05, 0) is 26.3 Å². The standard InChI is InChI=1S/C17H23N5O6/c1-17(2,3)28-14(24)19-18-13(23)21-9-10-22(16(21)26)20-15(25)27-11-12-7-5-4-6-8-12/h4-8H,9-11H2,1-3H3,(H,18,23)(H,19,24)(H,20,25). The summed E-state index contributed by atoms with van der Waals surface area (Å²) in [5.41, 5.74) is 6.44. The summed E-state index contributed by atoms with van der Waals surface area (Å²) >= 11 is 0. The zero-order valence-corrected chi connectivity index (χ0v) is 15.9. The van der Waals surface area contributed by atoms with Gasteiger partial charge in [-0.3, -0.25) is 0 Å². The molecule has 0 spiro atoms. The molecule has 0 aromatic heterocycles. The zero-order valence-electron chi connectivity index (χ0n) is 15.9. The van der Waals surface area contributed by atoms with Crippen molar-refractivity contribution in [1.29, 1.82) is 0 Å². The Balaban J connectivity index is 1.76. The second kappa shape index (κ2) is 8.93. The van der Waals surface area contributed by atoms with E-state index in [1.165, 1.54) is 0 Å². The highest BCUT2D eigenvalue weighted by Gasteiger charge is 2.35. The van der Waals surface area contributed by atoms with E-state index < -0.39 is 29.8 Å². The second-order valence-electron chi connectivity index (χ2n) is 6.82. The summed E-state index contributed by atoms with van der Waals surface area (Å²) in [6.07, 6.45) is -1.70. The molecule has 6 amide bonds. The fourth-order valence-electron chi connectivity index (χ4n) is 2.17. The molecular formula is C17H23N5O6. The van der Waals surface area contributed by atoms with Crippen LogP contribution in [0.4, 0.5) is 19.2 Å². The lowest BCUT2D eigenvalue weighted by Gasteiger charge is -2.21. The summed E-state index contributed by atoms with van der Waals surface area (Å²) in [4.78, 5) is 48.4. The lowest BCUT2D eigenvalue weighted by Crippen LogP contribution is -2.52. The predicted octanol–water partition coefficient (Wildman–Crippen LogP) is 1.71. The van der Waals surface area contributed by atoms with Crippen LogP contribution in [0, 0.1) is 0 Å². The normalized spacial score (nSPS) is 13.8. The molecule has 2 rings (SSSR count). The Morgan fingerprint density at radius 3 is 2.36 bits per heavy atom. The van der Waals surface area contributed by atoms with Crippen molar-refractivity contribution in [3.05, 3.63) is 35.9 Å². The lowest BCUT2D eigenvalue weighted by molar-refractivity contribution is 0.0500. The molecule has 11 nitrogen and oxygen atoms in total. The highest BCUT2D eigenvalue weighted by atomic mass is 16.6. The first-order chi connectivity index (χ1) is 13.2. The summed E-state index contributed by atoms with van der Waals surface area (Å²) in [6, 6.07) is 7.41. The number of amides is 6. The Morgan fingerprint density at radius 1 is 1.04 bits per heavy atom.